The molecule has 1 aliphatic rings. The predicted molar refractivity (Wildman–Crippen MR) is 39.5 cm³/mol. The van der Waals surface area contributed by atoms with E-state index in [2.05, 4.69) is 0 Å². The van der Waals surface area contributed by atoms with Crippen molar-refractivity contribution in [3.8, 4) is 0 Å². The molecule has 0 aromatic heterocycles. The van der Waals surface area contributed by atoms with Crippen LogP contribution >= 0.6 is 0 Å². The lowest BCUT2D eigenvalue weighted by molar-refractivity contribution is -0.239. The molecule has 0 unspecified atom stereocenters. The van der Waals surface area contributed by atoms with Crippen molar-refractivity contribution in [2.24, 2.45) is 0 Å². The van der Waals surface area contributed by atoms with E-state index >= 15 is 0 Å². The van der Waals surface area contributed by atoms with Crippen molar-refractivity contribution in [3.63, 3.8) is 0 Å². The highest BCUT2D eigenvalue weighted by atomic mass is 16.7. The van der Waals surface area contributed by atoms with E-state index in [0.29, 0.717) is 0 Å². The zero-order valence-corrected chi connectivity index (χ0v) is 6.97. The van der Waals surface area contributed by atoms with Gasteiger partial charge in [-0.25, -0.2) is 0 Å². The van der Waals surface area contributed by atoms with Gasteiger partial charge >= 0.3 is 0 Å². The number of hydrogen-bond acceptors (Lipinski definition) is 2. The monoisotopic (exact) mass is 142 g/mol. The fourth-order valence-corrected chi connectivity index (χ4v) is 1.05. The summed E-state index contributed by atoms with van der Waals surface area (Å²) in [6.07, 6.45) is 3.60. The summed E-state index contributed by atoms with van der Waals surface area (Å²) in [4.78, 5) is 0. The molecule has 0 fully saturated rings. The van der Waals surface area contributed by atoms with Crippen LogP contribution in [-0.2, 0) is 9.47 Å². The van der Waals surface area contributed by atoms with Crippen LogP contribution in [0.3, 0.4) is 0 Å². The molecule has 0 amide bonds. The Morgan fingerprint density at radius 1 is 1.10 bits per heavy atom. The van der Waals surface area contributed by atoms with Crippen LogP contribution in [0.5, 0.6) is 0 Å². The summed E-state index contributed by atoms with van der Waals surface area (Å²) in [5.41, 5.74) is -0.193. The molecule has 0 aromatic carbocycles. The van der Waals surface area contributed by atoms with Crippen molar-refractivity contribution in [1.82, 2.24) is 0 Å². The second-order valence-corrected chi connectivity index (χ2v) is 3.53. The second kappa shape index (κ2) is 1.99. The van der Waals surface area contributed by atoms with E-state index in [0.717, 1.165) is 0 Å². The van der Waals surface area contributed by atoms with Crippen molar-refractivity contribution in [1.29, 1.82) is 0 Å². The molecule has 1 aliphatic heterocycles. The molecule has 2 nitrogen and oxygen atoms in total. The van der Waals surface area contributed by atoms with Crippen LogP contribution in [0.25, 0.3) is 0 Å². The van der Waals surface area contributed by atoms with Gasteiger partial charge in [0.25, 0.3) is 0 Å². The summed E-state index contributed by atoms with van der Waals surface area (Å²) in [5, 5.41) is 0. The molecule has 1 heterocycles. The van der Waals surface area contributed by atoms with E-state index in [1.165, 1.54) is 0 Å². The fraction of sp³-hybridized carbons (Fsp3) is 0.750. The first-order chi connectivity index (χ1) is 4.41. The van der Waals surface area contributed by atoms with Crippen molar-refractivity contribution in [2.45, 2.75) is 39.1 Å². The lowest BCUT2D eigenvalue weighted by Gasteiger charge is -2.36. The molecule has 0 saturated heterocycles. The predicted octanol–water partition coefficient (Wildman–Crippen LogP) is 2.06. The Morgan fingerprint density at radius 3 is 2.00 bits per heavy atom. The standard InChI is InChI=1S/C8H14O2/c1-7(2)5-6-9-8(3,4)10-7/h5-6H,1-4H3. The minimum atomic E-state index is -0.474. The smallest absolute Gasteiger partial charge is 0.204 e. The average molecular weight is 142 g/mol. The van der Waals surface area contributed by atoms with E-state index in [4.69, 9.17) is 9.47 Å². The molecule has 0 saturated carbocycles. The van der Waals surface area contributed by atoms with E-state index in [9.17, 15) is 0 Å². The normalized spacial score (nSPS) is 27.6. The summed E-state index contributed by atoms with van der Waals surface area (Å²) in [6, 6.07) is 0. The van der Waals surface area contributed by atoms with Crippen LogP contribution < -0.4 is 0 Å². The van der Waals surface area contributed by atoms with Crippen LogP contribution in [-0.4, -0.2) is 11.4 Å². The quantitative estimate of drug-likeness (QED) is 0.515. The molecule has 0 aliphatic carbocycles. The van der Waals surface area contributed by atoms with Gasteiger partial charge in [0.1, 0.15) is 0 Å². The van der Waals surface area contributed by atoms with Crippen molar-refractivity contribution < 1.29 is 9.47 Å². The maximum absolute atomic E-state index is 5.55. The number of hydrogen-bond donors (Lipinski definition) is 0. The van der Waals surface area contributed by atoms with E-state index in [1.807, 2.05) is 33.8 Å². The second-order valence-electron chi connectivity index (χ2n) is 3.53. The zero-order chi connectivity index (χ0) is 7.83. The van der Waals surface area contributed by atoms with Gasteiger partial charge in [0, 0.05) is 13.8 Å². The Bertz CT molecular complexity index is 157. The highest BCUT2D eigenvalue weighted by Crippen LogP contribution is 2.26. The van der Waals surface area contributed by atoms with Crippen LogP contribution in [0.4, 0.5) is 0 Å². The van der Waals surface area contributed by atoms with E-state index in [-0.39, 0.29) is 5.60 Å². The summed E-state index contributed by atoms with van der Waals surface area (Å²) < 4.78 is 10.8. The van der Waals surface area contributed by atoms with Gasteiger partial charge in [-0.3, -0.25) is 0 Å². The largest absolute Gasteiger partial charge is 0.471 e. The topological polar surface area (TPSA) is 18.5 Å². The van der Waals surface area contributed by atoms with Crippen molar-refractivity contribution in [2.75, 3.05) is 0 Å². The minimum absolute atomic E-state index is 0.193. The van der Waals surface area contributed by atoms with Gasteiger partial charge < -0.3 is 9.47 Å². The van der Waals surface area contributed by atoms with E-state index in [1.54, 1.807) is 6.26 Å². The summed E-state index contributed by atoms with van der Waals surface area (Å²) in [6.45, 7) is 7.82. The maximum atomic E-state index is 5.55. The summed E-state index contributed by atoms with van der Waals surface area (Å²) >= 11 is 0. The molecular formula is C8H14O2. The summed E-state index contributed by atoms with van der Waals surface area (Å²) in [7, 11) is 0. The average Bonchev–Trinajstić information content (AvgIpc) is 1.56. The summed E-state index contributed by atoms with van der Waals surface area (Å²) in [5.74, 6) is -0.474. The fourth-order valence-electron chi connectivity index (χ4n) is 1.05. The van der Waals surface area contributed by atoms with Crippen molar-refractivity contribution in [3.05, 3.63) is 12.3 Å². The highest BCUT2D eigenvalue weighted by Gasteiger charge is 2.31. The van der Waals surface area contributed by atoms with Gasteiger partial charge in [-0.1, -0.05) is 0 Å². The molecule has 1 rings (SSSR count). The molecule has 10 heavy (non-hydrogen) atoms. The van der Waals surface area contributed by atoms with Gasteiger partial charge in [0.15, 0.2) is 0 Å². The third-order valence-corrected chi connectivity index (χ3v) is 1.33. The van der Waals surface area contributed by atoms with Gasteiger partial charge in [0.2, 0.25) is 5.79 Å². The lowest BCUT2D eigenvalue weighted by atomic mass is 10.1. The molecule has 2 heteroatoms. The Morgan fingerprint density at radius 2 is 1.70 bits per heavy atom. The molecule has 0 N–H and O–H groups in total. The van der Waals surface area contributed by atoms with Crippen molar-refractivity contribution >= 4 is 0 Å². The first-order valence-electron chi connectivity index (χ1n) is 3.47. The molecule has 0 atom stereocenters. The third-order valence-electron chi connectivity index (χ3n) is 1.33. The number of rotatable bonds is 0. The van der Waals surface area contributed by atoms with Crippen LogP contribution in [0, 0.1) is 0 Å². The van der Waals surface area contributed by atoms with Gasteiger partial charge in [-0.2, -0.15) is 0 Å². The van der Waals surface area contributed by atoms with Gasteiger partial charge in [-0.15, -0.1) is 0 Å². The van der Waals surface area contributed by atoms with Crippen LogP contribution in [0.1, 0.15) is 27.7 Å². The van der Waals surface area contributed by atoms with Crippen LogP contribution in [0.2, 0.25) is 0 Å². The molecule has 58 valence electrons. The Labute approximate surface area is 61.8 Å². The Kier molecular flexibility index (Phi) is 1.51. The first kappa shape index (κ1) is 7.61. The molecule has 0 bridgehead atoms. The van der Waals surface area contributed by atoms with E-state index < -0.39 is 5.79 Å². The maximum Gasteiger partial charge on any atom is 0.204 e. The Balaban J connectivity index is 2.73. The highest BCUT2D eigenvalue weighted by molar-refractivity contribution is 4.97. The SMILES string of the molecule is CC1(C)C=COC(C)(C)O1. The molecular weight excluding hydrogens is 128 g/mol. The lowest BCUT2D eigenvalue weighted by Crippen LogP contribution is -2.39. The zero-order valence-electron chi connectivity index (χ0n) is 6.97. The first-order valence-corrected chi connectivity index (χ1v) is 3.47. The third kappa shape index (κ3) is 1.74. The van der Waals surface area contributed by atoms with Crippen LogP contribution in [0.15, 0.2) is 12.3 Å². The molecule has 0 spiro atoms. The number of ether oxygens (including phenoxy) is 2. The van der Waals surface area contributed by atoms with Gasteiger partial charge in [-0.05, 0) is 19.9 Å². The molecule has 0 radical (unpaired) electrons. The molecule has 0 aromatic rings. The Hall–Kier alpha value is -0.500. The minimum Gasteiger partial charge on any atom is -0.471 e. The van der Waals surface area contributed by atoms with Gasteiger partial charge in [0.05, 0.1) is 11.9 Å².